The number of thiophene rings is 1. The fourth-order valence-corrected chi connectivity index (χ4v) is 2.98. The summed E-state index contributed by atoms with van der Waals surface area (Å²) < 4.78 is 0. The van der Waals surface area contributed by atoms with E-state index in [2.05, 4.69) is 31.3 Å². The Kier molecular flexibility index (Phi) is 4.53. The first-order chi connectivity index (χ1) is 9.88. The number of carbonyl (C=O) groups is 1. The first-order valence-corrected chi connectivity index (χ1v) is 7.64. The Morgan fingerprint density at radius 1 is 1.29 bits per heavy atom. The molecule has 0 bridgehead atoms. The van der Waals surface area contributed by atoms with Gasteiger partial charge in [-0.2, -0.15) is 0 Å². The number of nitrogens with zero attached hydrogens (tertiary/aromatic N) is 1. The quantitative estimate of drug-likeness (QED) is 0.850. The fraction of sp³-hybridized carbons (Fsp3) is 0.312. The van der Waals surface area contributed by atoms with Crippen molar-refractivity contribution in [1.82, 2.24) is 4.90 Å². The van der Waals surface area contributed by atoms with Crippen LogP contribution in [0.4, 0.5) is 11.4 Å². The molecule has 0 saturated carbocycles. The number of carbonyl (C=O) groups excluding carboxylic acids is 1. The second-order valence-corrected chi connectivity index (χ2v) is 6.64. The molecule has 0 saturated heterocycles. The summed E-state index contributed by atoms with van der Waals surface area (Å²) in [5.74, 6) is -0.0351. The number of anilines is 2. The Balaban J connectivity index is 2.30. The number of benzene rings is 1. The first kappa shape index (κ1) is 15.4. The van der Waals surface area contributed by atoms with Gasteiger partial charge in [0.15, 0.2) is 0 Å². The Morgan fingerprint density at radius 2 is 2.00 bits per heavy atom. The highest BCUT2D eigenvalue weighted by Gasteiger charge is 2.16. The average Bonchev–Trinajstić information content (AvgIpc) is 2.85. The summed E-state index contributed by atoms with van der Waals surface area (Å²) in [5.41, 5.74) is 7.91. The number of nitrogens with one attached hydrogen (secondary N) is 1. The van der Waals surface area contributed by atoms with Gasteiger partial charge in [-0.3, -0.25) is 4.79 Å². The van der Waals surface area contributed by atoms with Crippen molar-refractivity contribution in [3.8, 4) is 0 Å². The van der Waals surface area contributed by atoms with Gasteiger partial charge < -0.3 is 16.0 Å². The molecule has 112 valence electrons. The molecule has 0 aliphatic carbocycles. The summed E-state index contributed by atoms with van der Waals surface area (Å²) in [6.45, 7) is 4.17. The molecule has 5 heteroatoms. The van der Waals surface area contributed by atoms with Gasteiger partial charge in [0, 0.05) is 35.2 Å². The number of aryl methyl sites for hydroxylation is 1. The minimum atomic E-state index is -0.0351. The molecule has 2 rings (SSSR count). The van der Waals surface area contributed by atoms with Crippen LogP contribution in [0.15, 0.2) is 30.3 Å². The highest BCUT2D eigenvalue weighted by Crippen LogP contribution is 2.28. The molecular weight excluding hydrogens is 282 g/mol. The Hall–Kier alpha value is -2.01. The second-order valence-electron chi connectivity index (χ2n) is 5.32. The molecule has 1 aromatic carbocycles. The van der Waals surface area contributed by atoms with E-state index in [0.717, 1.165) is 5.69 Å². The summed E-state index contributed by atoms with van der Waals surface area (Å²) in [5, 5.41) is 3.40. The average molecular weight is 303 g/mol. The van der Waals surface area contributed by atoms with E-state index in [1.54, 1.807) is 42.5 Å². The van der Waals surface area contributed by atoms with E-state index in [1.165, 1.54) is 9.75 Å². The molecule has 2 aromatic rings. The van der Waals surface area contributed by atoms with Gasteiger partial charge in [0.1, 0.15) is 0 Å². The minimum Gasteiger partial charge on any atom is -0.399 e. The smallest absolute Gasteiger partial charge is 0.255 e. The van der Waals surface area contributed by atoms with Crippen molar-refractivity contribution in [2.75, 3.05) is 25.1 Å². The van der Waals surface area contributed by atoms with Crippen molar-refractivity contribution in [3.63, 3.8) is 0 Å². The standard InChI is InChI=1S/C16H21N3OS/c1-10-5-8-15(21-10)11(2)18-14-9-12(17)6-7-13(14)16(20)19(3)4/h5-9,11,18H,17H2,1-4H3. The molecule has 0 radical (unpaired) electrons. The number of hydrogen-bond donors (Lipinski definition) is 2. The van der Waals surface area contributed by atoms with E-state index in [0.29, 0.717) is 11.3 Å². The van der Waals surface area contributed by atoms with Crippen LogP contribution in [0, 0.1) is 6.92 Å². The highest BCUT2D eigenvalue weighted by molar-refractivity contribution is 7.12. The largest absolute Gasteiger partial charge is 0.399 e. The summed E-state index contributed by atoms with van der Waals surface area (Å²) in [6, 6.07) is 9.67. The lowest BCUT2D eigenvalue weighted by molar-refractivity contribution is 0.0828. The number of nitrogens with two attached hydrogens (primary N) is 1. The third-order valence-corrected chi connectivity index (χ3v) is 4.42. The monoisotopic (exact) mass is 303 g/mol. The maximum absolute atomic E-state index is 12.2. The Labute approximate surface area is 129 Å². The van der Waals surface area contributed by atoms with Crippen LogP contribution < -0.4 is 11.1 Å². The van der Waals surface area contributed by atoms with Gasteiger partial charge in [0.05, 0.1) is 11.6 Å². The SMILES string of the molecule is Cc1ccc(C(C)Nc2cc(N)ccc2C(=O)N(C)C)s1. The molecule has 1 heterocycles. The van der Waals surface area contributed by atoms with Crippen molar-refractivity contribution in [2.24, 2.45) is 0 Å². The zero-order valence-corrected chi connectivity index (χ0v) is 13.6. The molecule has 1 unspecified atom stereocenters. The number of amides is 1. The molecule has 0 aliphatic rings. The third kappa shape index (κ3) is 3.55. The van der Waals surface area contributed by atoms with Gasteiger partial charge in [-0.25, -0.2) is 0 Å². The predicted octanol–water partition coefficient (Wildman–Crippen LogP) is 3.51. The lowest BCUT2D eigenvalue weighted by Crippen LogP contribution is -2.23. The van der Waals surface area contributed by atoms with Crippen molar-refractivity contribution in [1.29, 1.82) is 0 Å². The van der Waals surface area contributed by atoms with Gasteiger partial charge in [-0.15, -0.1) is 11.3 Å². The van der Waals surface area contributed by atoms with Crippen LogP contribution >= 0.6 is 11.3 Å². The minimum absolute atomic E-state index is 0.0351. The van der Waals surface area contributed by atoms with Gasteiger partial charge in [-0.1, -0.05) is 0 Å². The van der Waals surface area contributed by atoms with Crippen LogP contribution in [0.2, 0.25) is 0 Å². The molecule has 0 aliphatic heterocycles. The molecule has 1 amide bonds. The van der Waals surface area contributed by atoms with Gasteiger partial charge in [0.25, 0.3) is 5.91 Å². The lowest BCUT2D eigenvalue weighted by Gasteiger charge is -2.19. The third-order valence-electron chi connectivity index (χ3n) is 3.24. The van der Waals surface area contributed by atoms with Gasteiger partial charge >= 0.3 is 0 Å². The van der Waals surface area contributed by atoms with E-state index in [-0.39, 0.29) is 11.9 Å². The van der Waals surface area contributed by atoms with Crippen LogP contribution in [0.25, 0.3) is 0 Å². The zero-order chi connectivity index (χ0) is 15.6. The van der Waals surface area contributed by atoms with E-state index in [9.17, 15) is 4.79 Å². The maximum atomic E-state index is 12.2. The molecule has 1 atom stereocenters. The van der Waals surface area contributed by atoms with E-state index in [1.807, 2.05) is 6.07 Å². The Bertz CT molecular complexity index is 649. The molecule has 3 N–H and O–H groups in total. The summed E-state index contributed by atoms with van der Waals surface area (Å²) >= 11 is 1.75. The number of hydrogen-bond acceptors (Lipinski definition) is 4. The number of rotatable bonds is 4. The van der Waals surface area contributed by atoms with Crippen LogP contribution in [-0.4, -0.2) is 24.9 Å². The van der Waals surface area contributed by atoms with Crippen LogP contribution in [0.3, 0.4) is 0 Å². The highest BCUT2D eigenvalue weighted by atomic mass is 32.1. The molecule has 0 fully saturated rings. The normalized spacial score (nSPS) is 12.0. The van der Waals surface area contributed by atoms with Crippen molar-refractivity contribution >= 4 is 28.6 Å². The van der Waals surface area contributed by atoms with Crippen LogP contribution in [-0.2, 0) is 0 Å². The Morgan fingerprint density at radius 3 is 2.57 bits per heavy atom. The zero-order valence-electron chi connectivity index (χ0n) is 12.8. The molecule has 4 nitrogen and oxygen atoms in total. The summed E-state index contributed by atoms with van der Waals surface area (Å²) in [4.78, 5) is 16.3. The van der Waals surface area contributed by atoms with Crippen molar-refractivity contribution < 1.29 is 4.79 Å². The molecule has 21 heavy (non-hydrogen) atoms. The van der Waals surface area contributed by atoms with Crippen LogP contribution in [0.1, 0.15) is 33.1 Å². The van der Waals surface area contributed by atoms with Crippen molar-refractivity contribution in [2.45, 2.75) is 19.9 Å². The molecule has 0 spiro atoms. The lowest BCUT2D eigenvalue weighted by atomic mass is 10.1. The molecule has 1 aromatic heterocycles. The topological polar surface area (TPSA) is 58.4 Å². The summed E-state index contributed by atoms with van der Waals surface area (Å²) in [6.07, 6.45) is 0. The van der Waals surface area contributed by atoms with Gasteiger partial charge in [0.2, 0.25) is 0 Å². The van der Waals surface area contributed by atoms with E-state index in [4.69, 9.17) is 5.73 Å². The van der Waals surface area contributed by atoms with E-state index >= 15 is 0 Å². The van der Waals surface area contributed by atoms with Gasteiger partial charge in [-0.05, 0) is 44.2 Å². The first-order valence-electron chi connectivity index (χ1n) is 6.82. The fourth-order valence-electron chi connectivity index (χ4n) is 2.10. The summed E-state index contributed by atoms with van der Waals surface area (Å²) in [7, 11) is 3.49. The van der Waals surface area contributed by atoms with Crippen LogP contribution in [0.5, 0.6) is 0 Å². The number of nitrogen functional groups attached to an aromatic ring is 1. The maximum Gasteiger partial charge on any atom is 0.255 e. The predicted molar refractivity (Wildman–Crippen MR) is 90.0 cm³/mol. The second kappa shape index (κ2) is 6.18. The molecular formula is C16H21N3OS. The van der Waals surface area contributed by atoms with Crippen molar-refractivity contribution in [3.05, 3.63) is 45.6 Å². The van der Waals surface area contributed by atoms with E-state index < -0.39 is 0 Å².